The third-order valence-corrected chi connectivity index (χ3v) is 5.91. The fourth-order valence-electron chi connectivity index (χ4n) is 3.05. The highest BCUT2D eigenvalue weighted by Gasteiger charge is 2.33. The van der Waals surface area contributed by atoms with E-state index in [1.165, 1.54) is 18.4 Å². The van der Waals surface area contributed by atoms with E-state index in [0.29, 0.717) is 22.9 Å². The first-order chi connectivity index (χ1) is 13.3. The van der Waals surface area contributed by atoms with Gasteiger partial charge in [0.1, 0.15) is 12.4 Å². The molecule has 2 N–H and O–H groups in total. The summed E-state index contributed by atoms with van der Waals surface area (Å²) in [7, 11) is 1.32. The minimum absolute atomic E-state index is 0.351. The number of amides is 2. The third kappa shape index (κ3) is 4.15. The van der Waals surface area contributed by atoms with E-state index in [4.69, 9.17) is 21.1 Å². The molecule has 1 aliphatic heterocycles. The second-order valence-corrected chi connectivity index (χ2v) is 8.21. The average molecular weight is 421 g/mol. The van der Waals surface area contributed by atoms with Crippen molar-refractivity contribution in [2.45, 2.75) is 33.4 Å². The number of ether oxygens (including phenoxy) is 2. The molecule has 2 heterocycles. The molecule has 0 spiro atoms. The largest absolute Gasteiger partial charge is 0.489 e. The zero-order valence-electron chi connectivity index (χ0n) is 16.0. The Labute approximate surface area is 172 Å². The Morgan fingerprint density at radius 2 is 2.00 bits per heavy atom. The minimum Gasteiger partial charge on any atom is -0.489 e. The number of esters is 1. The molecular weight excluding hydrogens is 400 g/mol. The van der Waals surface area contributed by atoms with E-state index in [1.54, 1.807) is 13.0 Å². The molecule has 1 aliphatic rings. The van der Waals surface area contributed by atoms with Crippen LogP contribution in [0.25, 0.3) is 0 Å². The number of nitrogens with one attached hydrogen (secondary N) is 2. The predicted molar refractivity (Wildman–Crippen MR) is 109 cm³/mol. The third-order valence-electron chi connectivity index (χ3n) is 4.52. The summed E-state index contributed by atoms with van der Waals surface area (Å²) in [6.45, 7) is 5.98. The molecule has 0 radical (unpaired) electrons. The number of hydrogen-bond acceptors (Lipinski definition) is 5. The van der Waals surface area contributed by atoms with Gasteiger partial charge in [0.05, 0.1) is 18.7 Å². The van der Waals surface area contributed by atoms with Crippen LogP contribution in [0.3, 0.4) is 0 Å². The summed E-state index contributed by atoms with van der Waals surface area (Å²) in [5, 5.41) is 6.09. The molecular formula is C20H21ClN2O4S. The topological polar surface area (TPSA) is 76.7 Å². The lowest BCUT2D eigenvalue weighted by molar-refractivity contribution is -0.136. The Morgan fingerprint density at radius 1 is 1.25 bits per heavy atom. The van der Waals surface area contributed by atoms with E-state index in [9.17, 15) is 9.59 Å². The van der Waals surface area contributed by atoms with Gasteiger partial charge in [0.25, 0.3) is 0 Å². The molecule has 0 saturated carbocycles. The van der Waals surface area contributed by atoms with E-state index in [1.807, 2.05) is 32.0 Å². The Kier molecular flexibility index (Phi) is 5.96. The van der Waals surface area contributed by atoms with Crippen LogP contribution < -0.4 is 15.4 Å². The van der Waals surface area contributed by atoms with Gasteiger partial charge in [-0.3, -0.25) is 0 Å². The van der Waals surface area contributed by atoms with Crippen LogP contribution in [0.4, 0.5) is 4.79 Å². The zero-order valence-corrected chi connectivity index (χ0v) is 17.6. The molecule has 148 valence electrons. The van der Waals surface area contributed by atoms with Crippen molar-refractivity contribution in [3.05, 3.63) is 61.4 Å². The summed E-state index contributed by atoms with van der Waals surface area (Å²) in [6.07, 6.45) is 0. The number of methoxy groups -OCH3 is 1. The van der Waals surface area contributed by atoms with Crippen LogP contribution in [0.2, 0.25) is 5.02 Å². The van der Waals surface area contributed by atoms with Gasteiger partial charge in [0.2, 0.25) is 0 Å². The molecule has 0 aliphatic carbocycles. The van der Waals surface area contributed by atoms with E-state index in [-0.39, 0.29) is 6.03 Å². The number of urea groups is 1. The van der Waals surface area contributed by atoms with Gasteiger partial charge in [-0.2, -0.15) is 0 Å². The molecule has 6 nitrogen and oxygen atoms in total. The number of carbonyl (C=O) groups excluding carboxylic acids is 2. The lowest BCUT2D eigenvalue weighted by Gasteiger charge is -2.26. The molecule has 0 fully saturated rings. The second-order valence-electron chi connectivity index (χ2n) is 6.49. The summed E-state index contributed by atoms with van der Waals surface area (Å²) in [4.78, 5) is 26.1. The van der Waals surface area contributed by atoms with Crippen molar-refractivity contribution in [3.8, 4) is 5.75 Å². The van der Waals surface area contributed by atoms with Gasteiger partial charge in [-0.15, -0.1) is 11.3 Å². The lowest BCUT2D eigenvalue weighted by atomic mass is 10.0. The number of halogens is 1. The monoisotopic (exact) mass is 420 g/mol. The maximum Gasteiger partial charge on any atom is 0.338 e. The van der Waals surface area contributed by atoms with E-state index < -0.39 is 12.0 Å². The van der Waals surface area contributed by atoms with E-state index in [2.05, 4.69) is 10.6 Å². The highest BCUT2D eigenvalue weighted by Crippen LogP contribution is 2.34. The SMILES string of the molecule is COC(=O)C1=C(C)NC(=O)NC1c1cc(COc2ccc(Cl)cc2C)c(C)s1. The minimum atomic E-state index is -0.559. The summed E-state index contributed by atoms with van der Waals surface area (Å²) < 4.78 is 10.8. The van der Waals surface area contributed by atoms with Crippen LogP contribution >= 0.6 is 22.9 Å². The highest BCUT2D eigenvalue weighted by atomic mass is 35.5. The second kappa shape index (κ2) is 8.24. The Hall–Kier alpha value is -2.51. The van der Waals surface area contributed by atoms with Crippen LogP contribution in [0, 0.1) is 13.8 Å². The van der Waals surface area contributed by atoms with Crippen molar-refractivity contribution in [2.24, 2.45) is 0 Å². The molecule has 0 bridgehead atoms. The molecule has 2 amide bonds. The first kappa shape index (κ1) is 20.2. The number of aryl methyl sites for hydroxylation is 2. The number of benzene rings is 1. The van der Waals surface area contributed by atoms with Crippen molar-refractivity contribution in [1.82, 2.24) is 10.6 Å². The Morgan fingerprint density at radius 3 is 2.68 bits per heavy atom. The molecule has 2 aromatic rings. The normalized spacial score (nSPS) is 16.5. The van der Waals surface area contributed by atoms with Gasteiger partial charge < -0.3 is 20.1 Å². The van der Waals surface area contributed by atoms with E-state index in [0.717, 1.165) is 26.6 Å². The highest BCUT2D eigenvalue weighted by molar-refractivity contribution is 7.12. The Bertz CT molecular complexity index is 967. The van der Waals surface area contributed by atoms with Gasteiger partial charge in [-0.05, 0) is 50.6 Å². The maximum atomic E-state index is 12.2. The first-order valence-electron chi connectivity index (χ1n) is 8.65. The molecule has 1 atom stereocenters. The van der Waals surface area contributed by atoms with E-state index >= 15 is 0 Å². The molecule has 0 saturated heterocycles. The van der Waals surface area contributed by atoms with Crippen LogP contribution in [0.15, 0.2) is 35.5 Å². The van der Waals surface area contributed by atoms with Crippen LogP contribution in [-0.2, 0) is 16.1 Å². The Balaban J connectivity index is 1.85. The lowest BCUT2D eigenvalue weighted by Crippen LogP contribution is -2.45. The van der Waals surface area contributed by atoms with Crippen molar-refractivity contribution < 1.29 is 19.1 Å². The number of allylic oxidation sites excluding steroid dienone is 1. The summed E-state index contributed by atoms with van der Waals surface area (Å²) in [5.74, 6) is 0.286. The van der Waals surface area contributed by atoms with Gasteiger partial charge >= 0.3 is 12.0 Å². The quantitative estimate of drug-likeness (QED) is 0.703. The smallest absolute Gasteiger partial charge is 0.338 e. The number of rotatable bonds is 5. The molecule has 28 heavy (non-hydrogen) atoms. The molecule has 8 heteroatoms. The number of carbonyl (C=O) groups is 2. The number of thiophene rings is 1. The number of hydrogen-bond donors (Lipinski definition) is 2. The van der Waals surface area contributed by atoms with Crippen molar-refractivity contribution in [3.63, 3.8) is 0 Å². The standard InChI is InChI=1S/C20H21ClN2O4S/c1-10-7-14(21)5-6-15(10)27-9-13-8-16(28-12(13)3)18-17(19(24)26-4)11(2)22-20(25)23-18/h5-8,18H,9H2,1-4H3,(H2,22,23,25). The van der Waals surface area contributed by atoms with Crippen LogP contribution in [0.1, 0.15) is 33.8 Å². The predicted octanol–water partition coefficient (Wildman–Crippen LogP) is 4.40. The summed E-state index contributed by atoms with van der Waals surface area (Å²) in [6, 6.07) is 6.53. The zero-order chi connectivity index (χ0) is 20.4. The van der Waals surface area contributed by atoms with Crippen LogP contribution in [0.5, 0.6) is 5.75 Å². The van der Waals surface area contributed by atoms with Crippen molar-refractivity contribution >= 4 is 34.9 Å². The van der Waals surface area contributed by atoms with Gasteiger partial charge in [-0.1, -0.05) is 11.6 Å². The van der Waals surface area contributed by atoms with Gasteiger partial charge in [0, 0.05) is 26.0 Å². The van der Waals surface area contributed by atoms with Crippen LogP contribution in [-0.4, -0.2) is 19.1 Å². The molecule has 1 aromatic carbocycles. The molecule has 1 unspecified atom stereocenters. The first-order valence-corrected chi connectivity index (χ1v) is 9.84. The van der Waals surface area contributed by atoms with Crippen molar-refractivity contribution in [1.29, 1.82) is 0 Å². The molecule has 1 aromatic heterocycles. The fourth-order valence-corrected chi connectivity index (χ4v) is 4.37. The average Bonchev–Trinajstić information content (AvgIpc) is 3.00. The summed E-state index contributed by atoms with van der Waals surface area (Å²) in [5.41, 5.74) is 2.83. The summed E-state index contributed by atoms with van der Waals surface area (Å²) >= 11 is 7.50. The fraction of sp³-hybridized carbons (Fsp3) is 0.300. The van der Waals surface area contributed by atoms with Crippen molar-refractivity contribution in [2.75, 3.05) is 7.11 Å². The van der Waals surface area contributed by atoms with Gasteiger partial charge in [-0.25, -0.2) is 9.59 Å². The van der Waals surface area contributed by atoms with Gasteiger partial charge in [0.15, 0.2) is 0 Å². The maximum absolute atomic E-state index is 12.2. The molecule has 3 rings (SSSR count).